The number of fused-ring (bicyclic) bond motifs is 5. The van der Waals surface area contributed by atoms with Crippen LogP contribution >= 0.6 is 11.8 Å². The number of hydrogen-bond donors (Lipinski definition) is 2. The lowest BCUT2D eigenvalue weighted by Gasteiger charge is -2.21. The van der Waals surface area contributed by atoms with Gasteiger partial charge in [-0.15, -0.1) is 0 Å². The van der Waals surface area contributed by atoms with Crippen molar-refractivity contribution < 1.29 is 0 Å². The molecule has 0 aliphatic carbocycles. The van der Waals surface area contributed by atoms with Gasteiger partial charge in [-0.25, -0.2) is 4.98 Å². The highest BCUT2D eigenvalue weighted by atomic mass is 32.2. The summed E-state index contributed by atoms with van der Waals surface area (Å²) in [7, 11) is 0. The second-order valence-electron chi connectivity index (χ2n) is 5.92. The van der Waals surface area contributed by atoms with Crippen molar-refractivity contribution in [3.8, 4) is 11.3 Å². The molecule has 6 heteroatoms. The van der Waals surface area contributed by atoms with Gasteiger partial charge < -0.3 is 0 Å². The van der Waals surface area contributed by atoms with E-state index < -0.39 is 0 Å². The van der Waals surface area contributed by atoms with Crippen LogP contribution in [0.15, 0.2) is 24.5 Å². The summed E-state index contributed by atoms with van der Waals surface area (Å²) in [5.74, 6) is 2.16. The molecule has 0 radical (unpaired) electrons. The number of thioether (sulfide) groups is 1. The van der Waals surface area contributed by atoms with Gasteiger partial charge in [-0.05, 0) is 42.4 Å². The third-order valence-corrected chi connectivity index (χ3v) is 5.60. The number of benzene rings is 1. The summed E-state index contributed by atoms with van der Waals surface area (Å²) < 4.78 is 0. The molecule has 0 saturated heterocycles. The zero-order valence-corrected chi connectivity index (χ0v) is 13.5. The number of hydrogen-bond acceptors (Lipinski definition) is 4. The molecule has 5 nitrogen and oxygen atoms in total. The molecule has 1 aromatic carbocycles. The van der Waals surface area contributed by atoms with E-state index in [0.717, 1.165) is 45.9 Å². The lowest BCUT2D eigenvalue weighted by Crippen LogP contribution is -2.07. The second kappa shape index (κ2) is 4.83. The molecule has 4 aromatic rings. The predicted octanol–water partition coefficient (Wildman–Crippen LogP) is 3.60. The number of nitrogens with one attached hydrogen (secondary N) is 2. The summed E-state index contributed by atoms with van der Waals surface area (Å²) in [4.78, 5) is 5.01. The van der Waals surface area contributed by atoms with Crippen molar-refractivity contribution >= 4 is 33.6 Å². The second-order valence-corrected chi connectivity index (χ2v) is 7.02. The average molecular weight is 321 g/mol. The lowest BCUT2D eigenvalue weighted by atomic mass is 9.94. The summed E-state index contributed by atoms with van der Waals surface area (Å²) in [5, 5.41) is 16.9. The van der Waals surface area contributed by atoms with Crippen molar-refractivity contribution in [2.45, 2.75) is 19.1 Å². The van der Waals surface area contributed by atoms with Crippen molar-refractivity contribution in [2.24, 2.45) is 0 Å². The third kappa shape index (κ3) is 1.84. The fraction of sp³-hybridized carbons (Fsp3) is 0.235. The number of rotatable bonds is 1. The van der Waals surface area contributed by atoms with Crippen LogP contribution in [0.2, 0.25) is 0 Å². The van der Waals surface area contributed by atoms with E-state index in [-0.39, 0.29) is 0 Å². The minimum absolute atomic E-state index is 1.01. The highest BCUT2D eigenvalue weighted by Crippen LogP contribution is 2.39. The van der Waals surface area contributed by atoms with Crippen LogP contribution in [0, 0.1) is 6.92 Å². The number of nitrogens with zero attached hydrogens (tertiary/aromatic N) is 3. The first kappa shape index (κ1) is 13.1. The maximum atomic E-state index is 5.01. The van der Waals surface area contributed by atoms with Gasteiger partial charge in [-0.3, -0.25) is 10.2 Å². The maximum Gasteiger partial charge on any atom is 0.0787 e. The van der Waals surface area contributed by atoms with Gasteiger partial charge in [-0.1, -0.05) is 0 Å². The number of aryl methyl sites for hydroxylation is 2. The molecular formula is C17H15N5S. The fourth-order valence-electron chi connectivity index (χ4n) is 3.49. The minimum Gasteiger partial charge on any atom is -0.282 e. The van der Waals surface area contributed by atoms with Crippen LogP contribution in [0.5, 0.6) is 0 Å². The Kier molecular flexibility index (Phi) is 2.76. The molecule has 3 aromatic heterocycles. The standard InChI is InChI=1S/C17H15N5S/c1-9-11(6-18-21-9)17-13-8-23-5-4-10(13)16-12-7-19-22-14(12)2-3-15(16)20-17/h2-3,6-7H,4-5,8H2,1H3,(H,18,21)(H,19,22). The average Bonchev–Trinajstić information content (AvgIpc) is 3.22. The molecule has 0 unspecified atom stereocenters. The number of pyridine rings is 1. The van der Waals surface area contributed by atoms with Gasteiger partial charge in [-0.2, -0.15) is 22.0 Å². The van der Waals surface area contributed by atoms with Crippen molar-refractivity contribution in [3.63, 3.8) is 0 Å². The summed E-state index contributed by atoms with van der Waals surface area (Å²) in [5.41, 5.74) is 8.15. The molecule has 0 amide bonds. The first-order valence-electron chi connectivity index (χ1n) is 7.68. The molecular weight excluding hydrogens is 306 g/mol. The molecule has 1 aliphatic rings. The molecule has 0 spiro atoms. The van der Waals surface area contributed by atoms with E-state index in [1.807, 2.05) is 24.2 Å². The first-order valence-corrected chi connectivity index (χ1v) is 8.84. The zero-order valence-electron chi connectivity index (χ0n) is 12.7. The smallest absolute Gasteiger partial charge is 0.0787 e. The topological polar surface area (TPSA) is 70.2 Å². The van der Waals surface area contributed by atoms with E-state index in [1.54, 1.807) is 0 Å². The number of H-pyrrole nitrogens is 2. The van der Waals surface area contributed by atoms with E-state index in [4.69, 9.17) is 4.98 Å². The van der Waals surface area contributed by atoms with Crippen molar-refractivity contribution in [1.82, 2.24) is 25.4 Å². The van der Waals surface area contributed by atoms with Crippen LogP contribution in [0.1, 0.15) is 16.8 Å². The Bertz CT molecular complexity index is 1050. The van der Waals surface area contributed by atoms with Gasteiger partial charge in [0, 0.05) is 27.8 Å². The Morgan fingerprint density at radius 1 is 1.09 bits per heavy atom. The normalized spacial score (nSPS) is 14.5. The van der Waals surface area contributed by atoms with E-state index in [2.05, 4.69) is 39.5 Å². The maximum absolute atomic E-state index is 5.01. The molecule has 0 fully saturated rings. The zero-order chi connectivity index (χ0) is 15.4. The molecule has 23 heavy (non-hydrogen) atoms. The van der Waals surface area contributed by atoms with Gasteiger partial charge in [0.1, 0.15) is 0 Å². The summed E-state index contributed by atoms with van der Waals surface area (Å²) in [6.45, 7) is 2.05. The highest BCUT2D eigenvalue weighted by Gasteiger charge is 2.22. The predicted molar refractivity (Wildman–Crippen MR) is 93.6 cm³/mol. The quantitative estimate of drug-likeness (QED) is 0.562. The Morgan fingerprint density at radius 3 is 2.87 bits per heavy atom. The molecule has 2 N–H and O–H groups in total. The van der Waals surface area contributed by atoms with Crippen LogP contribution in [-0.4, -0.2) is 31.1 Å². The van der Waals surface area contributed by atoms with Crippen molar-refractivity contribution in [2.75, 3.05) is 5.75 Å². The monoisotopic (exact) mass is 321 g/mol. The molecule has 0 saturated carbocycles. The SMILES string of the molecule is Cc1[nH]ncc1-c1nc2ccc3[nH]ncc3c2c2c1CSCC2. The van der Waals surface area contributed by atoms with Crippen molar-refractivity contribution in [1.29, 1.82) is 0 Å². The Balaban J connectivity index is 1.94. The molecule has 114 valence electrons. The third-order valence-electron chi connectivity index (χ3n) is 4.61. The first-order chi connectivity index (χ1) is 11.3. The van der Waals surface area contributed by atoms with Crippen LogP contribution in [-0.2, 0) is 12.2 Å². The summed E-state index contributed by atoms with van der Waals surface area (Å²) >= 11 is 1.98. The molecule has 5 rings (SSSR count). The fourth-order valence-corrected chi connectivity index (χ4v) is 4.50. The largest absolute Gasteiger partial charge is 0.282 e. The number of aromatic amines is 2. The van der Waals surface area contributed by atoms with Crippen LogP contribution in [0.25, 0.3) is 33.1 Å². The van der Waals surface area contributed by atoms with E-state index in [1.165, 1.54) is 21.9 Å². The van der Waals surface area contributed by atoms with Crippen LogP contribution < -0.4 is 0 Å². The molecule has 1 aliphatic heterocycles. The highest BCUT2D eigenvalue weighted by molar-refractivity contribution is 7.98. The van der Waals surface area contributed by atoms with Crippen LogP contribution in [0.4, 0.5) is 0 Å². The Labute approximate surface area is 136 Å². The molecule has 0 atom stereocenters. The van der Waals surface area contributed by atoms with Gasteiger partial charge in [0.15, 0.2) is 0 Å². The Hall–Kier alpha value is -2.34. The number of aromatic nitrogens is 5. The van der Waals surface area contributed by atoms with Gasteiger partial charge in [0.2, 0.25) is 0 Å². The summed E-state index contributed by atoms with van der Waals surface area (Å²) in [6, 6.07) is 4.16. The van der Waals surface area contributed by atoms with Crippen molar-refractivity contribution in [3.05, 3.63) is 41.3 Å². The molecule has 0 bridgehead atoms. The molecule has 4 heterocycles. The minimum atomic E-state index is 1.01. The van der Waals surface area contributed by atoms with Gasteiger partial charge >= 0.3 is 0 Å². The van der Waals surface area contributed by atoms with Crippen LogP contribution in [0.3, 0.4) is 0 Å². The lowest BCUT2D eigenvalue weighted by molar-refractivity contribution is 1.05. The van der Waals surface area contributed by atoms with E-state index in [9.17, 15) is 0 Å². The van der Waals surface area contributed by atoms with Gasteiger partial charge in [0.05, 0.1) is 29.1 Å². The van der Waals surface area contributed by atoms with E-state index >= 15 is 0 Å². The van der Waals surface area contributed by atoms with Gasteiger partial charge in [0.25, 0.3) is 0 Å². The summed E-state index contributed by atoms with van der Waals surface area (Å²) in [6.07, 6.45) is 4.89. The van der Waals surface area contributed by atoms with E-state index in [0.29, 0.717) is 0 Å². The Morgan fingerprint density at radius 2 is 2.00 bits per heavy atom.